The van der Waals surface area contributed by atoms with Gasteiger partial charge in [0, 0.05) is 30.6 Å². The fourth-order valence-corrected chi connectivity index (χ4v) is 4.83. The molecule has 2 aliphatic heterocycles. The first-order chi connectivity index (χ1) is 13.3. The van der Waals surface area contributed by atoms with Gasteiger partial charge < -0.3 is 14.5 Å². The van der Waals surface area contributed by atoms with Gasteiger partial charge in [0.25, 0.3) is 0 Å². The first kappa shape index (κ1) is 19.6. The predicted octanol–water partition coefficient (Wildman–Crippen LogP) is 4.46. The summed E-state index contributed by atoms with van der Waals surface area (Å²) in [4.78, 5) is 13.1. The zero-order valence-corrected chi connectivity index (χ0v) is 17.2. The molecule has 0 aromatic heterocycles. The number of hydrogen-bond acceptors (Lipinski definition) is 4. The van der Waals surface area contributed by atoms with Crippen LogP contribution in [0.15, 0.2) is 30.3 Å². The van der Waals surface area contributed by atoms with Crippen LogP contribution in [0.1, 0.15) is 46.6 Å². The maximum absolute atomic E-state index is 5.86. The molecule has 3 aliphatic rings. The lowest BCUT2D eigenvalue weighted by Crippen LogP contribution is -2.28. The standard InChI is InChI=1S/C23H27NO3.ClH/c1-24(12-10-16-4-2-5-17-11-13-25-22(16)17)14-18-6-3-7-21-20(18)9-8-19-15-26-27-23(19)21;/h2,4-5,8-9,18H,3,6-7,10-15H2,1H3;1H/t18-;/m0./s1. The molecule has 0 saturated carbocycles. The first-order valence-electron chi connectivity index (χ1n) is 10.2. The molecular weight excluding hydrogens is 374 g/mol. The van der Waals surface area contributed by atoms with E-state index in [0.29, 0.717) is 12.5 Å². The van der Waals surface area contributed by atoms with E-state index in [-0.39, 0.29) is 12.4 Å². The van der Waals surface area contributed by atoms with Gasteiger partial charge in [-0.1, -0.05) is 30.3 Å². The van der Waals surface area contributed by atoms with Crippen LogP contribution in [0.3, 0.4) is 0 Å². The average molecular weight is 402 g/mol. The molecule has 0 saturated heterocycles. The highest BCUT2D eigenvalue weighted by atomic mass is 35.5. The van der Waals surface area contributed by atoms with Crippen LogP contribution in [0, 0.1) is 0 Å². The van der Waals surface area contributed by atoms with Gasteiger partial charge in [0.05, 0.1) is 6.61 Å². The van der Waals surface area contributed by atoms with E-state index in [0.717, 1.165) is 50.5 Å². The largest absolute Gasteiger partial charge is 0.493 e. The molecule has 28 heavy (non-hydrogen) atoms. The molecule has 4 nitrogen and oxygen atoms in total. The molecule has 0 spiro atoms. The number of fused-ring (bicyclic) bond motifs is 4. The Hall–Kier alpha value is -1.75. The van der Waals surface area contributed by atoms with Gasteiger partial charge in [-0.25, -0.2) is 0 Å². The molecule has 150 valence electrons. The number of para-hydroxylation sites is 1. The summed E-state index contributed by atoms with van der Waals surface area (Å²) >= 11 is 0. The van der Waals surface area contributed by atoms with Crippen molar-refractivity contribution in [3.8, 4) is 11.5 Å². The Morgan fingerprint density at radius 2 is 2.00 bits per heavy atom. The van der Waals surface area contributed by atoms with Crippen molar-refractivity contribution < 1.29 is 14.5 Å². The lowest BCUT2D eigenvalue weighted by Gasteiger charge is -2.30. The highest BCUT2D eigenvalue weighted by Crippen LogP contribution is 2.41. The summed E-state index contributed by atoms with van der Waals surface area (Å²) in [6, 6.07) is 11.1. The van der Waals surface area contributed by atoms with Gasteiger partial charge in [0.1, 0.15) is 12.4 Å². The normalized spacial score (nSPS) is 19.3. The van der Waals surface area contributed by atoms with Crippen molar-refractivity contribution in [2.45, 2.75) is 44.6 Å². The van der Waals surface area contributed by atoms with Gasteiger partial charge in [-0.3, -0.25) is 0 Å². The van der Waals surface area contributed by atoms with E-state index in [1.165, 1.54) is 40.7 Å². The third-order valence-corrected chi connectivity index (χ3v) is 6.24. The van der Waals surface area contributed by atoms with Crippen LogP contribution in [0.2, 0.25) is 0 Å². The molecule has 5 rings (SSSR count). The van der Waals surface area contributed by atoms with Gasteiger partial charge in [-0.2, -0.15) is 4.89 Å². The minimum atomic E-state index is 0. The number of hydrogen-bond donors (Lipinski definition) is 0. The van der Waals surface area contributed by atoms with E-state index < -0.39 is 0 Å². The van der Waals surface area contributed by atoms with E-state index in [4.69, 9.17) is 14.5 Å². The molecule has 0 N–H and O–H groups in total. The number of ether oxygens (including phenoxy) is 1. The zero-order chi connectivity index (χ0) is 18.2. The van der Waals surface area contributed by atoms with Crippen LogP contribution in [0.4, 0.5) is 0 Å². The van der Waals surface area contributed by atoms with Crippen LogP contribution < -0.4 is 9.62 Å². The Labute approximate surface area is 173 Å². The molecule has 2 aromatic rings. The molecule has 5 heteroatoms. The molecular formula is C23H28ClNO3. The highest BCUT2D eigenvalue weighted by Gasteiger charge is 2.28. The van der Waals surface area contributed by atoms with Crippen molar-refractivity contribution >= 4 is 12.4 Å². The monoisotopic (exact) mass is 401 g/mol. The van der Waals surface area contributed by atoms with Crippen LogP contribution in [0.25, 0.3) is 0 Å². The van der Waals surface area contributed by atoms with Crippen molar-refractivity contribution in [2.75, 3.05) is 26.7 Å². The van der Waals surface area contributed by atoms with Crippen LogP contribution >= 0.6 is 12.4 Å². The van der Waals surface area contributed by atoms with Gasteiger partial charge in [-0.15, -0.1) is 12.4 Å². The Bertz CT molecular complexity index is 854. The summed E-state index contributed by atoms with van der Waals surface area (Å²) in [6.07, 6.45) is 5.68. The highest BCUT2D eigenvalue weighted by molar-refractivity contribution is 5.85. The Morgan fingerprint density at radius 1 is 1.07 bits per heavy atom. The lowest BCUT2D eigenvalue weighted by atomic mass is 9.81. The summed E-state index contributed by atoms with van der Waals surface area (Å²) in [5.41, 5.74) is 6.75. The van der Waals surface area contributed by atoms with Crippen molar-refractivity contribution in [1.82, 2.24) is 4.90 Å². The minimum absolute atomic E-state index is 0. The molecule has 0 unspecified atom stereocenters. The maximum Gasteiger partial charge on any atom is 0.174 e. The molecule has 0 radical (unpaired) electrons. The van der Waals surface area contributed by atoms with Crippen LogP contribution in [-0.2, 0) is 30.8 Å². The Kier molecular flexibility index (Phi) is 5.81. The summed E-state index contributed by atoms with van der Waals surface area (Å²) in [5, 5.41) is 0. The summed E-state index contributed by atoms with van der Waals surface area (Å²) < 4.78 is 5.86. The molecule has 2 heterocycles. The second-order valence-corrected chi connectivity index (χ2v) is 8.07. The number of benzene rings is 2. The maximum atomic E-state index is 5.86. The van der Waals surface area contributed by atoms with Crippen LogP contribution in [-0.4, -0.2) is 31.6 Å². The third-order valence-electron chi connectivity index (χ3n) is 6.24. The molecule has 0 amide bonds. The second-order valence-electron chi connectivity index (χ2n) is 8.07. The van der Waals surface area contributed by atoms with E-state index >= 15 is 0 Å². The van der Waals surface area contributed by atoms with Gasteiger partial charge in [0.2, 0.25) is 0 Å². The average Bonchev–Trinajstić information content (AvgIpc) is 3.35. The van der Waals surface area contributed by atoms with E-state index in [1.807, 2.05) is 0 Å². The number of likely N-dealkylation sites (N-methyl/N-ethyl adjacent to an activating group) is 1. The van der Waals surface area contributed by atoms with E-state index in [9.17, 15) is 0 Å². The van der Waals surface area contributed by atoms with E-state index in [1.54, 1.807) is 0 Å². The number of halogens is 1. The molecule has 0 bridgehead atoms. The number of rotatable bonds is 5. The number of nitrogens with zero attached hydrogens (tertiary/aromatic N) is 1. The van der Waals surface area contributed by atoms with Gasteiger partial charge in [-0.05, 0) is 55.3 Å². The minimum Gasteiger partial charge on any atom is -0.493 e. The quantitative estimate of drug-likeness (QED) is 0.692. The zero-order valence-electron chi connectivity index (χ0n) is 16.4. The predicted molar refractivity (Wildman–Crippen MR) is 112 cm³/mol. The molecule has 0 fully saturated rings. The smallest absolute Gasteiger partial charge is 0.174 e. The summed E-state index contributed by atoms with van der Waals surface area (Å²) in [5.74, 6) is 2.71. The van der Waals surface area contributed by atoms with Gasteiger partial charge >= 0.3 is 0 Å². The second kappa shape index (κ2) is 8.32. The summed E-state index contributed by atoms with van der Waals surface area (Å²) in [6.45, 7) is 3.55. The topological polar surface area (TPSA) is 30.9 Å². The molecule has 1 aliphatic carbocycles. The van der Waals surface area contributed by atoms with Crippen LogP contribution in [0.5, 0.6) is 11.5 Å². The van der Waals surface area contributed by atoms with Crippen molar-refractivity contribution in [1.29, 1.82) is 0 Å². The van der Waals surface area contributed by atoms with Crippen molar-refractivity contribution in [3.05, 3.63) is 58.1 Å². The van der Waals surface area contributed by atoms with Crippen molar-refractivity contribution in [2.24, 2.45) is 0 Å². The SMILES string of the molecule is CN(CCc1cccc2c1OCC2)C[C@@H]1CCCc2c1ccc1c2OOC1.Cl. The van der Waals surface area contributed by atoms with E-state index in [2.05, 4.69) is 42.3 Å². The lowest BCUT2D eigenvalue weighted by molar-refractivity contribution is -0.195. The third kappa shape index (κ3) is 3.61. The first-order valence-corrected chi connectivity index (χ1v) is 10.2. The fraction of sp³-hybridized carbons (Fsp3) is 0.478. The molecule has 2 aromatic carbocycles. The van der Waals surface area contributed by atoms with Gasteiger partial charge in [0.15, 0.2) is 5.75 Å². The molecule has 1 atom stereocenters. The summed E-state index contributed by atoms with van der Waals surface area (Å²) in [7, 11) is 2.24. The Morgan fingerprint density at radius 3 is 2.93 bits per heavy atom. The van der Waals surface area contributed by atoms with Crippen molar-refractivity contribution in [3.63, 3.8) is 0 Å². The Balaban J connectivity index is 0.00000192. The fourth-order valence-electron chi connectivity index (χ4n) is 4.83.